The van der Waals surface area contributed by atoms with Crippen molar-refractivity contribution in [2.75, 3.05) is 7.11 Å². The molecule has 0 bridgehead atoms. The number of aliphatic hydroxyl groups is 1. The molecule has 6 heteroatoms. The van der Waals surface area contributed by atoms with Gasteiger partial charge in [-0.05, 0) is 18.2 Å². The fourth-order valence-corrected chi connectivity index (χ4v) is 1.96. The molecule has 1 atom stereocenters. The monoisotopic (exact) mass is 302 g/mol. The van der Waals surface area contributed by atoms with Crippen LogP contribution in [0.4, 0.5) is 13.2 Å². The molecule has 0 fully saturated rings. The van der Waals surface area contributed by atoms with Crippen molar-refractivity contribution in [2.45, 2.75) is 6.10 Å². The highest BCUT2D eigenvalue weighted by atomic mass is 35.5. The van der Waals surface area contributed by atoms with Crippen molar-refractivity contribution in [3.8, 4) is 5.75 Å². The highest BCUT2D eigenvalue weighted by Crippen LogP contribution is 2.32. The van der Waals surface area contributed by atoms with Gasteiger partial charge in [-0.15, -0.1) is 0 Å². The van der Waals surface area contributed by atoms with Crippen LogP contribution in [0.3, 0.4) is 0 Å². The van der Waals surface area contributed by atoms with Crippen LogP contribution < -0.4 is 4.74 Å². The molecule has 0 saturated heterocycles. The minimum atomic E-state index is -1.67. The molecular weight excluding hydrogens is 293 g/mol. The lowest BCUT2D eigenvalue weighted by molar-refractivity contribution is 0.207. The van der Waals surface area contributed by atoms with E-state index in [4.69, 9.17) is 16.3 Å². The van der Waals surface area contributed by atoms with Crippen LogP contribution in [0.5, 0.6) is 5.75 Å². The molecule has 0 aliphatic rings. The number of ether oxygens (including phenoxy) is 1. The maximum atomic E-state index is 14.0. The number of aliphatic hydroxyl groups excluding tert-OH is 1. The summed E-state index contributed by atoms with van der Waals surface area (Å²) >= 11 is 5.42. The first-order chi connectivity index (χ1) is 9.45. The second-order valence-electron chi connectivity index (χ2n) is 4.05. The smallest absolute Gasteiger partial charge is 0.171 e. The predicted molar refractivity (Wildman–Crippen MR) is 68.4 cm³/mol. The van der Waals surface area contributed by atoms with Crippen molar-refractivity contribution in [1.82, 2.24) is 0 Å². The summed E-state index contributed by atoms with van der Waals surface area (Å²) in [5.41, 5.74) is -0.621. The Morgan fingerprint density at radius 3 is 2.45 bits per heavy atom. The van der Waals surface area contributed by atoms with E-state index >= 15 is 0 Å². The van der Waals surface area contributed by atoms with Crippen molar-refractivity contribution in [3.05, 3.63) is 63.9 Å². The summed E-state index contributed by atoms with van der Waals surface area (Å²) in [6.45, 7) is 0. The molecule has 0 heterocycles. The van der Waals surface area contributed by atoms with Crippen LogP contribution in [0, 0.1) is 17.5 Å². The Labute approximate surface area is 118 Å². The third-order valence-corrected chi connectivity index (χ3v) is 3.13. The highest BCUT2D eigenvalue weighted by molar-refractivity contribution is 6.30. The molecule has 106 valence electrons. The fourth-order valence-electron chi connectivity index (χ4n) is 1.81. The first-order valence-corrected chi connectivity index (χ1v) is 5.98. The van der Waals surface area contributed by atoms with Gasteiger partial charge in [0.25, 0.3) is 0 Å². The summed E-state index contributed by atoms with van der Waals surface area (Å²) < 4.78 is 45.8. The molecule has 2 aromatic rings. The Balaban J connectivity index is 2.52. The van der Waals surface area contributed by atoms with Gasteiger partial charge in [0.05, 0.1) is 12.1 Å². The van der Waals surface area contributed by atoms with Gasteiger partial charge in [0, 0.05) is 11.1 Å². The van der Waals surface area contributed by atoms with Gasteiger partial charge in [-0.2, -0.15) is 0 Å². The standard InChI is InChI=1S/C14H10ClF3O2/c1-20-12-4-2-3-7(13(12)18)14(19)8-5-11(17)9(15)6-10(8)16/h2-6,14,19H,1H3. The summed E-state index contributed by atoms with van der Waals surface area (Å²) in [6, 6.07) is 5.51. The summed E-state index contributed by atoms with van der Waals surface area (Å²) in [5, 5.41) is 9.63. The lowest BCUT2D eigenvalue weighted by Crippen LogP contribution is -2.07. The van der Waals surface area contributed by atoms with Crippen LogP contribution in [0.1, 0.15) is 17.2 Å². The molecule has 0 aromatic heterocycles. The third kappa shape index (κ3) is 2.59. The zero-order valence-electron chi connectivity index (χ0n) is 10.3. The van der Waals surface area contributed by atoms with Crippen LogP contribution in [-0.2, 0) is 0 Å². The molecule has 0 amide bonds. The maximum Gasteiger partial charge on any atom is 0.171 e. The van der Waals surface area contributed by atoms with E-state index in [0.29, 0.717) is 0 Å². The van der Waals surface area contributed by atoms with Gasteiger partial charge in [-0.25, -0.2) is 13.2 Å². The zero-order valence-corrected chi connectivity index (χ0v) is 11.1. The van der Waals surface area contributed by atoms with Crippen LogP contribution in [0.25, 0.3) is 0 Å². The van der Waals surface area contributed by atoms with E-state index in [1.54, 1.807) is 0 Å². The van der Waals surface area contributed by atoms with Crippen molar-refractivity contribution in [1.29, 1.82) is 0 Å². The molecule has 1 unspecified atom stereocenters. The van der Waals surface area contributed by atoms with E-state index in [9.17, 15) is 18.3 Å². The van der Waals surface area contributed by atoms with Crippen LogP contribution in [-0.4, -0.2) is 12.2 Å². The van der Waals surface area contributed by atoms with E-state index < -0.39 is 34.1 Å². The summed E-state index contributed by atoms with van der Waals surface area (Å²) in [6.07, 6.45) is -1.67. The van der Waals surface area contributed by atoms with Gasteiger partial charge in [0.2, 0.25) is 0 Å². The number of hydrogen-bond acceptors (Lipinski definition) is 2. The molecule has 0 aliphatic carbocycles. The second kappa shape index (κ2) is 5.73. The van der Waals surface area contributed by atoms with E-state index in [1.165, 1.54) is 25.3 Å². The number of benzene rings is 2. The Morgan fingerprint density at radius 1 is 1.10 bits per heavy atom. The summed E-state index contributed by atoms with van der Waals surface area (Å²) in [7, 11) is 1.26. The van der Waals surface area contributed by atoms with Crippen LogP contribution >= 0.6 is 11.6 Å². The Morgan fingerprint density at radius 2 is 1.80 bits per heavy atom. The van der Waals surface area contributed by atoms with Gasteiger partial charge < -0.3 is 9.84 Å². The van der Waals surface area contributed by atoms with Gasteiger partial charge in [-0.1, -0.05) is 23.7 Å². The van der Waals surface area contributed by atoms with E-state index in [-0.39, 0.29) is 11.3 Å². The topological polar surface area (TPSA) is 29.5 Å². The second-order valence-corrected chi connectivity index (χ2v) is 4.46. The zero-order chi connectivity index (χ0) is 14.9. The Kier molecular flexibility index (Phi) is 4.20. The lowest BCUT2D eigenvalue weighted by Gasteiger charge is -2.15. The average molecular weight is 303 g/mol. The molecule has 0 spiro atoms. The molecule has 2 aromatic carbocycles. The molecule has 2 rings (SSSR count). The Bertz CT molecular complexity index is 647. The quantitative estimate of drug-likeness (QED) is 0.873. The van der Waals surface area contributed by atoms with E-state index in [0.717, 1.165) is 12.1 Å². The molecule has 0 saturated carbocycles. The minimum absolute atomic E-state index is 0.101. The predicted octanol–water partition coefficient (Wildman–Crippen LogP) is 3.85. The Hall–Kier alpha value is -1.72. The minimum Gasteiger partial charge on any atom is -0.494 e. The van der Waals surface area contributed by atoms with E-state index in [1.807, 2.05) is 0 Å². The van der Waals surface area contributed by atoms with Crippen molar-refractivity contribution in [3.63, 3.8) is 0 Å². The summed E-state index contributed by atoms with van der Waals surface area (Å²) in [5.74, 6) is -2.76. The lowest BCUT2D eigenvalue weighted by atomic mass is 10.00. The number of methoxy groups -OCH3 is 1. The van der Waals surface area contributed by atoms with Gasteiger partial charge >= 0.3 is 0 Å². The van der Waals surface area contributed by atoms with Crippen LogP contribution in [0.15, 0.2) is 30.3 Å². The van der Waals surface area contributed by atoms with Crippen LogP contribution in [0.2, 0.25) is 5.02 Å². The van der Waals surface area contributed by atoms with Crippen molar-refractivity contribution < 1.29 is 23.0 Å². The molecule has 1 N–H and O–H groups in total. The normalized spacial score (nSPS) is 12.3. The molecular formula is C14H10ClF3O2. The van der Waals surface area contributed by atoms with Gasteiger partial charge in [-0.3, -0.25) is 0 Å². The average Bonchev–Trinajstić information content (AvgIpc) is 2.42. The van der Waals surface area contributed by atoms with Gasteiger partial charge in [0.1, 0.15) is 17.7 Å². The fraction of sp³-hybridized carbons (Fsp3) is 0.143. The number of halogens is 4. The number of hydrogen-bond donors (Lipinski definition) is 1. The first-order valence-electron chi connectivity index (χ1n) is 5.60. The maximum absolute atomic E-state index is 14.0. The van der Waals surface area contributed by atoms with E-state index in [2.05, 4.69) is 0 Å². The molecule has 0 radical (unpaired) electrons. The summed E-state index contributed by atoms with van der Waals surface area (Å²) in [4.78, 5) is 0. The molecule has 0 aliphatic heterocycles. The largest absolute Gasteiger partial charge is 0.494 e. The molecule has 2 nitrogen and oxygen atoms in total. The SMILES string of the molecule is COc1cccc(C(O)c2cc(F)c(Cl)cc2F)c1F. The first kappa shape index (κ1) is 14.7. The highest BCUT2D eigenvalue weighted by Gasteiger charge is 2.22. The van der Waals surface area contributed by atoms with Crippen molar-refractivity contribution >= 4 is 11.6 Å². The van der Waals surface area contributed by atoms with Gasteiger partial charge in [0.15, 0.2) is 11.6 Å². The molecule has 20 heavy (non-hydrogen) atoms. The van der Waals surface area contributed by atoms with Crippen molar-refractivity contribution in [2.24, 2.45) is 0 Å². The number of rotatable bonds is 3. The third-order valence-electron chi connectivity index (χ3n) is 2.84.